The van der Waals surface area contributed by atoms with Crippen LogP contribution in [-0.4, -0.2) is 23.3 Å². The van der Waals surface area contributed by atoms with Gasteiger partial charge in [-0.2, -0.15) is 5.10 Å². The largest absolute Gasteiger partial charge is 0.492 e. The van der Waals surface area contributed by atoms with Crippen LogP contribution in [0.4, 0.5) is 0 Å². The van der Waals surface area contributed by atoms with Crippen molar-refractivity contribution in [1.29, 1.82) is 0 Å². The number of hydrogen-bond donors (Lipinski definition) is 2. The summed E-state index contributed by atoms with van der Waals surface area (Å²) in [5.74, 6) is 0.835. The molecule has 4 nitrogen and oxygen atoms in total. The predicted molar refractivity (Wildman–Crippen MR) is 120 cm³/mol. The Balaban J connectivity index is 1.88. The number of ether oxygens (including phenoxy) is 1. The standard InChI is InChI=1S/C25H25N3O/c1-2-23(18-6-4-3-5-7-18)25(19-8-11-22(12-9-19)29-15-14-26)20-10-13-24-21(16-20)17-27-28-24/h3-13,16-17H,2,14-15,26H2,1H3,(H,27,28). The molecule has 3 N–H and O–H groups in total. The Morgan fingerprint density at radius 2 is 1.69 bits per heavy atom. The molecule has 1 heterocycles. The third kappa shape index (κ3) is 4.08. The van der Waals surface area contributed by atoms with E-state index in [9.17, 15) is 0 Å². The lowest BCUT2D eigenvalue weighted by Crippen LogP contribution is -2.10. The lowest BCUT2D eigenvalue weighted by molar-refractivity contribution is 0.328. The van der Waals surface area contributed by atoms with Gasteiger partial charge >= 0.3 is 0 Å². The molecule has 1 aromatic heterocycles. The van der Waals surface area contributed by atoms with E-state index in [-0.39, 0.29) is 0 Å². The van der Waals surface area contributed by atoms with E-state index in [2.05, 4.69) is 77.8 Å². The first kappa shape index (κ1) is 19.0. The van der Waals surface area contributed by atoms with Crippen molar-refractivity contribution in [2.24, 2.45) is 5.73 Å². The number of aromatic amines is 1. The summed E-state index contributed by atoms with van der Waals surface area (Å²) in [5, 5.41) is 8.31. The highest BCUT2D eigenvalue weighted by Crippen LogP contribution is 2.35. The fourth-order valence-corrected chi connectivity index (χ4v) is 3.67. The number of rotatable bonds is 7. The Kier molecular flexibility index (Phi) is 5.73. The maximum Gasteiger partial charge on any atom is 0.119 e. The molecule has 0 saturated heterocycles. The zero-order valence-electron chi connectivity index (χ0n) is 16.6. The maximum absolute atomic E-state index is 5.66. The summed E-state index contributed by atoms with van der Waals surface area (Å²) in [6.07, 6.45) is 2.79. The van der Waals surface area contributed by atoms with E-state index < -0.39 is 0 Å². The van der Waals surface area contributed by atoms with Gasteiger partial charge in [0.25, 0.3) is 0 Å². The molecule has 29 heavy (non-hydrogen) atoms. The minimum absolute atomic E-state index is 0.506. The number of aromatic nitrogens is 2. The summed E-state index contributed by atoms with van der Waals surface area (Å²) in [6.45, 7) is 3.23. The second-order valence-electron chi connectivity index (χ2n) is 6.91. The molecular formula is C25H25N3O. The van der Waals surface area contributed by atoms with E-state index in [4.69, 9.17) is 10.5 Å². The average Bonchev–Trinajstić information content (AvgIpc) is 3.25. The first-order valence-corrected chi connectivity index (χ1v) is 9.95. The van der Waals surface area contributed by atoms with Gasteiger partial charge in [0.2, 0.25) is 0 Å². The number of allylic oxidation sites excluding steroid dienone is 1. The van der Waals surface area contributed by atoms with Gasteiger partial charge in [0.15, 0.2) is 0 Å². The SMILES string of the molecule is CCC(=C(c1ccc(OCCN)cc1)c1ccc2[nH]ncc2c1)c1ccccc1. The van der Waals surface area contributed by atoms with Crippen molar-refractivity contribution in [2.75, 3.05) is 13.2 Å². The molecule has 0 unspecified atom stereocenters. The van der Waals surface area contributed by atoms with Crippen LogP contribution in [0.15, 0.2) is 79.0 Å². The fraction of sp³-hybridized carbons (Fsp3) is 0.160. The Labute approximate surface area is 171 Å². The van der Waals surface area contributed by atoms with Crippen molar-refractivity contribution in [3.05, 3.63) is 95.7 Å². The molecule has 0 amide bonds. The van der Waals surface area contributed by atoms with Crippen molar-refractivity contribution < 1.29 is 4.74 Å². The van der Waals surface area contributed by atoms with Gasteiger partial charge in [-0.1, -0.05) is 55.5 Å². The van der Waals surface area contributed by atoms with Crippen molar-refractivity contribution >= 4 is 22.0 Å². The van der Waals surface area contributed by atoms with E-state index in [1.54, 1.807) is 0 Å². The molecule has 146 valence electrons. The number of fused-ring (bicyclic) bond motifs is 1. The molecule has 0 aliphatic carbocycles. The molecule has 0 aliphatic heterocycles. The quantitative estimate of drug-likeness (QED) is 0.427. The molecule has 3 aromatic carbocycles. The van der Waals surface area contributed by atoms with Crippen LogP contribution in [0.3, 0.4) is 0 Å². The van der Waals surface area contributed by atoms with E-state index in [1.807, 2.05) is 18.3 Å². The summed E-state index contributed by atoms with van der Waals surface area (Å²) in [4.78, 5) is 0. The maximum atomic E-state index is 5.66. The van der Waals surface area contributed by atoms with Crippen molar-refractivity contribution in [3.63, 3.8) is 0 Å². The highest BCUT2D eigenvalue weighted by atomic mass is 16.5. The second-order valence-corrected chi connectivity index (χ2v) is 6.91. The van der Waals surface area contributed by atoms with Crippen LogP contribution < -0.4 is 10.5 Å². The first-order valence-electron chi connectivity index (χ1n) is 9.95. The summed E-state index contributed by atoms with van der Waals surface area (Å²) in [7, 11) is 0. The first-order chi connectivity index (χ1) is 14.3. The third-order valence-electron chi connectivity index (χ3n) is 5.04. The molecular weight excluding hydrogens is 358 g/mol. The van der Waals surface area contributed by atoms with Gasteiger partial charge < -0.3 is 10.5 Å². The zero-order chi connectivity index (χ0) is 20.1. The van der Waals surface area contributed by atoms with E-state index in [0.29, 0.717) is 13.2 Å². The van der Waals surface area contributed by atoms with Gasteiger partial charge in [0.1, 0.15) is 12.4 Å². The smallest absolute Gasteiger partial charge is 0.119 e. The minimum Gasteiger partial charge on any atom is -0.492 e. The summed E-state index contributed by atoms with van der Waals surface area (Å²) >= 11 is 0. The number of hydrogen-bond acceptors (Lipinski definition) is 3. The number of benzene rings is 3. The van der Waals surface area contributed by atoms with E-state index in [0.717, 1.165) is 28.6 Å². The van der Waals surface area contributed by atoms with Crippen molar-refractivity contribution in [2.45, 2.75) is 13.3 Å². The molecule has 0 bridgehead atoms. The molecule has 0 spiro atoms. The van der Waals surface area contributed by atoms with Crippen LogP contribution in [0.2, 0.25) is 0 Å². The van der Waals surface area contributed by atoms with Crippen LogP contribution in [0.5, 0.6) is 5.75 Å². The Morgan fingerprint density at radius 3 is 2.41 bits per heavy atom. The van der Waals surface area contributed by atoms with Gasteiger partial charge in [0.05, 0.1) is 11.7 Å². The third-order valence-corrected chi connectivity index (χ3v) is 5.04. The van der Waals surface area contributed by atoms with Crippen LogP contribution in [0.1, 0.15) is 30.0 Å². The lowest BCUT2D eigenvalue weighted by Gasteiger charge is -2.17. The number of nitrogens with two attached hydrogens (primary N) is 1. The van der Waals surface area contributed by atoms with Gasteiger partial charge in [0, 0.05) is 11.9 Å². The molecule has 4 rings (SSSR count). The Morgan fingerprint density at radius 1 is 0.931 bits per heavy atom. The topological polar surface area (TPSA) is 63.9 Å². The predicted octanol–water partition coefficient (Wildman–Crippen LogP) is 5.27. The van der Waals surface area contributed by atoms with Crippen LogP contribution in [0.25, 0.3) is 22.0 Å². The summed E-state index contributed by atoms with van der Waals surface area (Å²) in [5.41, 5.74) is 12.7. The summed E-state index contributed by atoms with van der Waals surface area (Å²) in [6, 6.07) is 25.3. The van der Waals surface area contributed by atoms with Gasteiger partial charge in [-0.05, 0) is 58.5 Å². The minimum atomic E-state index is 0.506. The highest BCUT2D eigenvalue weighted by Gasteiger charge is 2.14. The highest BCUT2D eigenvalue weighted by molar-refractivity contribution is 6.00. The van der Waals surface area contributed by atoms with Crippen LogP contribution >= 0.6 is 0 Å². The summed E-state index contributed by atoms with van der Waals surface area (Å²) < 4.78 is 5.66. The average molecular weight is 383 g/mol. The van der Waals surface area contributed by atoms with Gasteiger partial charge in [-0.3, -0.25) is 5.10 Å². The van der Waals surface area contributed by atoms with Crippen molar-refractivity contribution in [1.82, 2.24) is 10.2 Å². The molecule has 4 heteroatoms. The van der Waals surface area contributed by atoms with Crippen LogP contribution in [0, 0.1) is 0 Å². The molecule has 0 saturated carbocycles. The molecule has 0 radical (unpaired) electrons. The number of H-pyrrole nitrogens is 1. The Hall–Kier alpha value is -3.37. The van der Waals surface area contributed by atoms with Gasteiger partial charge in [-0.25, -0.2) is 0 Å². The number of nitrogens with one attached hydrogen (secondary N) is 1. The van der Waals surface area contributed by atoms with E-state index >= 15 is 0 Å². The Bertz CT molecular complexity index is 1110. The van der Waals surface area contributed by atoms with Crippen LogP contribution in [-0.2, 0) is 0 Å². The normalized spacial score (nSPS) is 12.1. The molecule has 4 aromatic rings. The second kappa shape index (κ2) is 8.76. The zero-order valence-corrected chi connectivity index (χ0v) is 16.6. The molecule has 0 atom stereocenters. The van der Waals surface area contributed by atoms with E-state index in [1.165, 1.54) is 22.3 Å². The monoisotopic (exact) mass is 383 g/mol. The molecule has 0 fully saturated rings. The van der Waals surface area contributed by atoms with Crippen molar-refractivity contribution in [3.8, 4) is 5.75 Å². The lowest BCUT2D eigenvalue weighted by atomic mass is 9.88. The van der Waals surface area contributed by atoms with Gasteiger partial charge in [-0.15, -0.1) is 0 Å². The number of nitrogens with zero attached hydrogens (tertiary/aromatic N) is 1. The fourth-order valence-electron chi connectivity index (χ4n) is 3.67. The molecule has 0 aliphatic rings.